The van der Waals surface area contributed by atoms with Crippen molar-refractivity contribution < 1.29 is 23.9 Å². The summed E-state index contributed by atoms with van der Waals surface area (Å²) in [6.45, 7) is -0.182. The molecule has 1 saturated carbocycles. The predicted octanol–water partition coefficient (Wildman–Crippen LogP) is 1.83. The first-order valence-electron chi connectivity index (χ1n) is 9.07. The van der Waals surface area contributed by atoms with Crippen LogP contribution in [0.15, 0.2) is 12.1 Å². The second-order valence-electron chi connectivity index (χ2n) is 6.65. The summed E-state index contributed by atoms with van der Waals surface area (Å²) in [6, 6.07) is 2.86. The van der Waals surface area contributed by atoms with Gasteiger partial charge in [-0.05, 0) is 24.8 Å². The fraction of sp³-hybridized carbons (Fsp3) is 0.526. The molecule has 0 unspecified atom stereocenters. The number of ether oxygens (including phenoxy) is 2. The van der Waals surface area contributed by atoms with Gasteiger partial charge in [-0.1, -0.05) is 19.3 Å². The van der Waals surface area contributed by atoms with Crippen molar-refractivity contribution >= 4 is 23.4 Å². The van der Waals surface area contributed by atoms with Gasteiger partial charge < -0.3 is 25.8 Å². The van der Waals surface area contributed by atoms with Crippen LogP contribution in [0.3, 0.4) is 0 Å². The van der Waals surface area contributed by atoms with Crippen LogP contribution in [0.4, 0.5) is 5.69 Å². The van der Waals surface area contributed by atoms with Gasteiger partial charge in [0.25, 0.3) is 5.91 Å². The van der Waals surface area contributed by atoms with Gasteiger partial charge in [-0.15, -0.1) is 0 Å². The summed E-state index contributed by atoms with van der Waals surface area (Å²) in [7, 11) is 2.88. The minimum atomic E-state index is -0.715. The van der Waals surface area contributed by atoms with Crippen molar-refractivity contribution in [3.8, 4) is 11.5 Å². The topological polar surface area (TPSA) is 120 Å². The van der Waals surface area contributed by atoms with Gasteiger partial charge in [-0.25, -0.2) is 0 Å². The molecule has 0 radical (unpaired) electrons. The van der Waals surface area contributed by atoms with Crippen LogP contribution in [0.25, 0.3) is 0 Å². The van der Waals surface area contributed by atoms with E-state index >= 15 is 0 Å². The summed E-state index contributed by atoms with van der Waals surface area (Å²) in [5, 5.41) is 5.21. The fourth-order valence-electron chi connectivity index (χ4n) is 3.29. The van der Waals surface area contributed by atoms with E-state index in [1.807, 2.05) is 0 Å². The molecular formula is C19H27N3O5. The first kappa shape index (κ1) is 20.5. The van der Waals surface area contributed by atoms with Crippen LogP contribution < -0.4 is 25.8 Å². The quantitative estimate of drug-likeness (QED) is 0.638. The van der Waals surface area contributed by atoms with E-state index in [1.165, 1.54) is 32.8 Å². The molecule has 2 rings (SSSR count). The van der Waals surface area contributed by atoms with Crippen LogP contribution in [0.1, 0.15) is 48.9 Å². The lowest BCUT2D eigenvalue weighted by molar-refractivity contribution is -0.125. The molecule has 1 fully saturated rings. The number of carbonyl (C=O) groups excluding carboxylic acids is 3. The molecule has 8 nitrogen and oxygen atoms in total. The van der Waals surface area contributed by atoms with E-state index in [4.69, 9.17) is 15.2 Å². The first-order chi connectivity index (χ1) is 12.9. The Hall–Kier alpha value is -2.77. The van der Waals surface area contributed by atoms with E-state index in [1.54, 1.807) is 0 Å². The number of primary amides is 1. The normalized spacial score (nSPS) is 14.3. The Kier molecular flexibility index (Phi) is 7.45. The number of hydrogen-bond acceptors (Lipinski definition) is 5. The molecule has 1 aliphatic rings. The van der Waals surface area contributed by atoms with Gasteiger partial charge in [-0.3, -0.25) is 14.4 Å². The van der Waals surface area contributed by atoms with Crippen molar-refractivity contribution in [2.45, 2.75) is 38.5 Å². The second-order valence-corrected chi connectivity index (χ2v) is 6.65. The van der Waals surface area contributed by atoms with Gasteiger partial charge in [0.05, 0.1) is 32.0 Å². The zero-order valence-electron chi connectivity index (χ0n) is 15.8. The summed E-state index contributed by atoms with van der Waals surface area (Å²) >= 11 is 0. The summed E-state index contributed by atoms with van der Waals surface area (Å²) in [6.07, 6.45) is 6.12. The van der Waals surface area contributed by atoms with Crippen molar-refractivity contribution in [3.63, 3.8) is 0 Å². The minimum absolute atomic E-state index is 0.0922. The molecule has 0 saturated heterocycles. The van der Waals surface area contributed by atoms with Crippen molar-refractivity contribution in [1.82, 2.24) is 5.32 Å². The number of amides is 3. The Morgan fingerprint density at radius 1 is 1.04 bits per heavy atom. The SMILES string of the molecule is COc1cc(NC(=O)CNC(=O)CC2CCCCC2)c(C(N)=O)cc1OC. The second kappa shape index (κ2) is 9.80. The van der Waals surface area contributed by atoms with Crippen LogP contribution in [-0.2, 0) is 9.59 Å². The van der Waals surface area contributed by atoms with E-state index in [0.29, 0.717) is 23.8 Å². The van der Waals surface area contributed by atoms with Crippen molar-refractivity contribution in [2.75, 3.05) is 26.1 Å². The molecule has 27 heavy (non-hydrogen) atoms. The molecule has 0 spiro atoms. The van der Waals surface area contributed by atoms with Crippen LogP contribution >= 0.6 is 0 Å². The van der Waals surface area contributed by atoms with Crippen LogP contribution in [0, 0.1) is 5.92 Å². The predicted molar refractivity (Wildman–Crippen MR) is 101 cm³/mol. The summed E-state index contributed by atoms with van der Waals surface area (Å²) in [5.41, 5.74) is 5.67. The van der Waals surface area contributed by atoms with Crippen molar-refractivity contribution in [2.24, 2.45) is 11.7 Å². The first-order valence-corrected chi connectivity index (χ1v) is 9.07. The van der Waals surface area contributed by atoms with E-state index in [2.05, 4.69) is 10.6 Å². The lowest BCUT2D eigenvalue weighted by atomic mass is 9.87. The monoisotopic (exact) mass is 377 g/mol. The van der Waals surface area contributed by atoms with E-state index in [9.17, 15) is 14.4 Å². The van der Waals surface area contributed by atoms with Crippen LogP contribution in [-0.4, -0.2) is 38.5 Å². The third kappa shape index (κ3) is 5.87. The third-order valence-electron chi connectivity index (χ3n) is 4.71. The highest BCUT2D eigenvalue weighted by Crippen LogP contribution is 2.33. The Labute approximate surface area is 158 Å². The van der Waals surface area contributed by atoms with Gasteiger partial charge in [-0.2, -0.15) is 0 Å². The third-order valence-corrected chi connectivity index (χ3v) is 4.71. The standard InChI is InChI=1S/C19H27N3O5/c1-26-15-9-13(19(20)25)14(10-16(15)27-2)22-18(24)11-21-17(23)8-12-6-4-3-5-7-12/h9-10,12H,3-8,11H2,1-2H3,(H2,20,25)(H,21,23)(H,22,24). The highest BCUT2D eigenvalue weighted by Gasteiger charge is 2.19. The summed E-state index contributed by atoms with van der Waals surface area (Å²) in [4.78, 5) is 35.9. The molecule has 0 atom stereocenters. The molecule has 0 bridgehead atoms. The van der Waals surface area contributed by atoms with E-state index < -0.39 is 11.8 Å². The van der Waals surface area contributed by atoms with Gasteiger partial charge in [0, 0.05) is 12.5 Å². The smallest absolute Gasteiger partial charge is 0.250 e. The average molecular weight is 377 g/mol. The largest absolute Gasteiger partial charge is 0.493 e. The maximum absolute atomic E-state index is 12.2. The van der Waals surface area contributed by atoms with Gasteiger partial charge in [0.1, 0.15) is 0 Å². The number of anilines is 1. The Balaban J connectivity index is 1.96. The van der Waals surface area contributed by atoms with Gasteiger partial charge >= 0.3 is 0 Å². The zero-order chi connectivity index (χ0) is 19.8. The maximum atomic E-state index is 12.2. The maximum Gasteiger partial charge on any atom is 0.250 e. The summed E-state index contributed by atoms with van der Waals surface area (Å²) in [5.74, 6) is -0.243. The number of methoxy groups -OCH3 is 2. The van der Waals surface area contributed by atoms with Gasteiger partial charge in [0.2, 0.25) is 11.8 Å². The van der Waals surface area contributed by atoms with Crippen molar-refractivity contribution in [3.05, 3.63) is 17.7 Å². The fourth-order valence-corrected chi connectivity index (χ4v) is 3.29. The number of nitrogens with two attached hydrogens (primary N) is 1. The van der Waals surface area contributed by atoms with E-state index in [0.717, 1.165) is 25.7 Å². The molecule has 1 aromatic carbocycles. The highest BCUT2D eigenvalue weighted by molar-refractivity contribution is 6.04. The molecular weight excluding hydrogens is 350 g/mol. The van der Waals surface area contributed by atoms with E-state index in [-0.39, 0.29) is 23.7 Å². The molecule has 4 N–H and O–H groups in total. The lowest BCUT2D eigenvalue weighted by Crippen LogP contribution is -2.34. The molecule has 0 heterocycles. The van der Waals surface area contributed by atoms with Gasteiger partial charge in [0.15, 0.2) is 11.5 Å². The molecule has 3 amide bonds. The molecule has 1 aliphatic carbocycles. The number of carbonyl (C=O) groups is 3. The number of hydrogen-bond donors (Lipinski definition) is 3. The Bertz CT molecular complexity index is 699. The number of nitrogens with one attached hydrogen (secondary N) is 2. The zero-order valence-corrected chi connectivity index (χ0v) is 15.8. The molecule has 8 heteroatoms. The summed E-state index contributed by atoms with van der Waals surface area (Å²) < 4.78 is 10.3. The van der Waals surface area contributed by atoms with Crippen LogP contribution in [0.2, 0.25) is 0 Å². The molecule has 0 aliphatic heterocycles. The molecule has 148 valence electrons. The number of benzene rings is 1. The van der Waals surface area contributed by atoms with Crippen molar-refractivity contribution in [1.29, 1.82) is 0 Å². The lowest BCUT2D eigenvalue weighted by Gasteiger charge is -2.20. The molecule has 0 aromatic heterocycles. The Morgan fingerprint density at radius 3 is 2.26 bits per heavy atom. The Morgan fingerprint density at radius 2 is 1.67 bits per heavy atom. The minimum Gasteiger partial charge on any atom is -0.493 e. The average Bonchev–Trinajstić information content (AvgIpc) is 2.66. The van der Waals surface area contributed by atoms with Crippen LogP contribution in [0.5, 0.6) is 11.5 Å². The number of rotatable bonds is 8. The highest BCUT2D eigenvalue weighted by atomic mass is 16.5. The molecule has 1 aromatic rings.